The van der Waals surface area contributed by atoms with Crippen molar-refractivity contribution in [1.29, 1.82) is 0 Å². The molecule has 1 heterocycles. The second kappa shape index (κ2) is 9.14. The Hall–Kier alpha value is -2.93. The van der Waals surface area contributed by atoms with Crippen molar-refractivity contribution < 1.29 is 19.1 Å². The van der Waals surface area contributed by atoms with Gasteiger partial charge in [-0.05, 0) is 73.1 Å². The highest BCUT2D eigenvalue weighted by Gasteiger charge is 2.56. The fourth-order valence-corrected chi connectivity index (χ4v) is 5.30. The smallest absolute Gasteiger partial charge is 0.254 e. The van der Waals surface area contributed by atoms with Crippen molar-refractivity contribution in [3.05, 3.63) is 70.2 Å². The van der Waals surface area contributed by atoms with E-state index in [4.69, 9.17) is 9.47 Å². The normalized spacial score (nSPS) is 25.7. The molecule has 170 valence electrons. The molecule has 4 aliphatic rings. The Kier molecular flexibility index (Phi) is 6.06. The van der Waals surface area contributed by atoms with Gasteiger partial charge in [0.15, 0.2) is 11.5 Å². The summed E-state index contributed by atoms with van der Waals surface area (Å²) in [4.78, 5) is 25.9. The molecule has 1 saturated carbocycles. The van der Waals surface area contributed by atoms with Gasteiger partial charge in [-0.2, -0.15) is 10.1 Å². The van der Waals surface area contributed by atoms with Gasteiger partial charge in [-0.3, -0.25) is 9.59 Å². The van der Waals surface area contributed by atoms with Crippen molar-refractivity contribution in [2.45, 2.75) is 26.4 Å². The van der Waals surface area contributed by atoms with Crippen LogP contribution in [0.5, 0.6) is 11.5 Å². The van der Waals surface area contributed by atoms with Crippen LogP contribution >= 0.6 is 15.9 Å². The first-order valence-electron chi connectivity index (χ1n) is 11.3. The number of imide groups is 1. The van der Waals surface area contributed by atoms with Crippen LogP contribution in [0.15, 0.2) is 64.2 Å². The van der Waals surface area contributed by atoms with Crippen LogP contribution in [-0.4, -0.2) is 29.6 Å². The maximum atomic E-state index is 12.9. The Labute approximate surface area is 201 Å². The summed E-state index contributed by atoms with van der Waals surface area (Å²) in [6, 6.07) is 13.4. The van der Waals surface area contributed by atoms with E-state index in [0.29, 0.717) is 24.7 Å². The van der Waals surface area contributed by atoms with Gasteiger partial charge >= 0.3 is 0 Å². The van der Waals surface area contributed by atoms with E-state index in [9.17, 15) is 9.59 Å². The summed E-state index contributed by atoms with van der Waals surface area (Å²) >= 11 is 3.43. The highest BCUT2D eigenvalue weighted by molar-refractivity contribution is 9.10. The van der Waals surface area contributed by atoms with Gasteiger partial charge in [0.1, 0.15) is 6.61 Å². The van der Waals surface area contributed by atoms with E-state index < -0.39 is 0 Å². The third kappa shape index (κ3) is 4.22. The van der Waals surface area contributed by atoms with Crippen molar-refractivity contribution in [1.82, 2.24) is 5.01 Å². The minimum absolute atomic E-state index is 0.156. The number of benzene rings is 2. The van der Waals surface area contributed by atoms with Crippen LogP contribution in [0.2, 0.25) is 0 Å². The maximum absolute atomic E-state index is 12.9. The molecule has 0 radical (unpaired) electrons. The monoisotopic (exact) mass is 508 g/mol. The Morgan fingerprint density at radius 3 is 2.24 bits per heavy atom. The fourth-order valence-electron chi connectivity index (χ4n) is 5.03. The molecule has 2 bridgehead atoms. The fraction of sp³-hybridized carbons (Fsp3) is 0.346. The highest BCUT2D eigenvalue weighted by atomic mass is 79.9. The summed E-state index contributed by atoms with van der Waals surface area (Å²) in [6.45, 7) is 2.80. The summed E-state index contributed by atoms with van der Waals surface area (Å²) in [7, 11) is 0. The number of halogens is 1. The molecule has 0 N–H and O–H groups in total. The van der Waals surface area contributed by atoms with Crippen molar-refractivity contribution in [2.24, 2.45) is 28.8 Å². The van der Waals surface area contributed by atoms with E-state index in [2.05, 4.69) is 33.2 Å². The Balaban J connectivity index is 1.31. The molecule has 0 aromatic heterocycles. The van der Waals surface area contributed by atoms with E-state index in [1.165, 1.54) is 0 Å². The van der Waals surface area contributed by atoms with E-state index in [1.54, 1.807) is 6.21 Å². The largest absolute Gasteiger partial charge is 0.490 e. The summed E-state index contributed by atoms with van der Waals surface area (Å²) in [5.41, 5.74) is 1.77. The van der Waals surface area contributed by atoms with Crippen molar-refractivity contribution in [2.75, 3.05) is 6.61 Å². The standard InChI is InChI=1S/C26H25BrN2O4/c1-2-32-22-13-17(5-12-21(22)33-15-16-3-10-20(27)11-4-16)14-28-29-25(30)23-18-6-7-19(9-8-18)24(23)26(29)31/h3-7,10-14,18-19,23-24H,2,8-9,15H2,1H3/b28-14-/t18-,19-,23-,24+/m0/s1. The summed E-state index contributed by atoms with van der Waals surface area (Å²) in [5.74, 6) is 0.650. The number of allylic oxidation sites excluding steroid dienone is 2. The predicted octanol–water partition coefficient (Wildman–Crippen LogP) is 4.96. The highest BCUT2D eigenvalue weighted by Crippen LogP contribution is 2.49. The minimum Gasteiger partial charge on any atom is -0.490 e. The summed E-state index contributed by atoms with van der Waals surface area (Å²) < 4.78 is 12.7. The second-order valence-electron chi connectivity index (χ2n) is 8.63. The zero-order valence-corrected chi connectivity index (χ0v) is 19.9. The van der Waals surface area contributed by atoms with E-state index in [1.807, 2.05) is 49.4 Å². The lowest BCUT2D eigenvalue weighted by Gasteiger charge is -2.37. The third-order valence-electron chi connectivity index (χ3n) is 6.63. The predicted molar refractivity (Wildman–Crippen MR) is 128 cm³/mol. The SMILES string of the molecule is CCOc1cc(/C=N\N2C(=O)[C@@H]3[C@H](C2=O)[C@H]2C=C[C@H]3CC2)ccc1OCc1ccc(Br)cc1. The van der Waals surface area contributed by atoms with Crippen LogP contribution < -0.4 is 9.47 Å². The lowest BCUT2D eigenvalue weighted by molar-refractivity contribution is -0.140. The molecule has 4 atom stereocenters. The Bertz CT molecular complexity index is 1100. The van der Waals surface area contributed by atoms with Gasteiger partial charge in [-0.15, -0.1) is 0 Å². The van der Waals surface area contributed by atoms with Crippen LogP contribution in [0, 0.1) is 23.7 Å². The van der Waals surface area contributed by atoms with E-state index >= 15 is 0 Å². The molecular weight excluding hydrogens is 484 g/mol. The topological polar surface area (TPSA) is 68.2 Å². The Morgan fingerprint density at radius 2 is 1.64 bits per heavy atom. The van der Waals surface area contributed by atoms with E-state index in [-0.39, 0.29) is 35.5 Å². The number of hydrogen-bond donors (Lipinski definition) is 0. The molecule has 1 saturated heterocycles. The first kappa shape index (κ1) is 21.9. The first-order chi connectivity index (χ1) is 16.0. The molecule has 0 spiro atoms. The van der Waals surface area contributed by atoms with Crippen molar-refractivity contribution >= 4 is 34.0 Å². The average molecular weight is 509 g/mol. The van der Waals surface area contributed by atoms with Gasteiger partial charge in [-0.1, -0.05) is 40.2 Å². The lowest BCUT2D eigenvalue weighted by Crippen LogP contribution is -2.38. The number of carbonyl (C=O) groups excluding carboxylic acids is 2. The van der Waals surface area contributed by atoms with Crippen LogP contribution in [-0.2, 0) is 16.2 Å². The van der Waals surface area contributed by atoms with Gasteiger partial charge in [0, 0.05) is 4.47 Å². The maximum Gasteiger partial charge on any atom is 0.254 e. The number of hydrazone groups is 1. The minimum atomic E-state index is -0.258. The summed E-state index contributed by atoms with van der Waals surface area (Å²) in [6.07, 6.45) is 7.70. The molecule has 2 aromatic carbocycles. The Morgan fingerprint density at radius 1 is 0.970 bits per heavy atom. The number of nitrogens with zero attached hydrogens (tertiary/aromatic N) is 2. The van der Waals surface area contributed by atoms with Gasteiger partial charge in [0.2, 0.25) is 0 Å². The van der Waals surface area contributed by atoms with Gasteiger partial charge in [-0.25, -0.2) is 0 Å². The van der Waals surface area contributed by atoms with Gasteiger partial charge in [0.25, 0.3) is 11.8 Å². The zero-order valence-electron chi connectivity index (χ0n) is 18.3. The molecule has 3 aliphatic carbocycles. The molecule has 2 aromatic rings. The van der Waals surface area contributed by atoms with Crippen LogP contribution in [0.25, 0.3) is 0 Å². The lowest BCUT2D eigenvalue weighted by atomic mass is 9.63. The average Bonchev–Trinajstić information content (AvgIpc) is 3.11. The number of fused-ring (bicyclic) bond motifs is 1. The third-order valence-corrected chi connectivity index (χ3v) is 7.16. The first-order valence-corrected chi connectivity index (χ1v) is 12.1. The van der Waals surface area contributed by atoms with Gasteiger partial charge < -0.3 is 9.47 Å². The number of carbonyl (C=O) groups is 2. The number of ether oxygens (including phenoxy) is 2. The molecule has 2 amide bonds. The quantitative estimate of drug-likeness (QED) is 0.301. The number of rotatable bonds is 7. The van der Waals surface area contributed by atoms with Crippen LogP contribution in [0.1, 0.15) is 30.9 Å². The second-order valence-corrected chi connectivity index (χ2v) is 9.54. The molecule has 2 fully saturated rings. The molecule has 1 aliphatic heterocycles. The van der Waals surface area contributed by atoms with Crippen LogP contribution in [0.3, 0.4) is 0 Å². The van der Waals surface area contributed by atoms with Gasteiger partial charge in [0.05, 0.1) is 24.7 Å². The van der Waals surface area contributed by atoms with Crippen molar-refractivity contribution in [3.8, 4) is 11.5 Å². The molecule has 6 rings (SSSR count). The summed E-state index contributed by atoms with van der Waals surface area (Å²) in [5, 5.41) is 5.37. The number of hydrogen-bond acceptors (Lipinski definition) is 5. The zero-order chi connectivity index (χ0) is 22.9. The molecule has 0 unspecified atom stereocenters. The number of amides is 2. The van der Waals surface area contributed by atoms with Crippen LogP contribution in [0.4, 0.5) is 0 Å². The van der Waals surface area contributed by atoms with E-state index in [0.717, 1.165) is 33.5 Å². The molecule has 6 nitrogen and oxygen atoms in total. The molecular formula is C26H25BrN2O4. The molecule has 7 heteroatoms. The molecule has 33 heavy (non-hydrogen) atoms. The van der Waals surface area contributed by atoms with Crippen molar-refractivity contribution in [3.63, 3.8) is 0 Å².